The predicted molar refractivity (Wildman–Crippen MR) is 116 cm³/mol. The maximum Gasteiger partial charge on any atom is 0.203 e. The van der Waals surface area contributed by atoms with Gasteiger partial charge >= 0.3 is 0 Å². The number of nitrogens with one attached hydrogen (secondary N) is 1. The summed E-state index contributed by atoms with van der Waals surface area (Å²) in [7, 11) is 0. The van der Waals surface area contributed by atoms with E-state index in [1.165, 1.54) is 23.5 Å². The monoisotopic (exact) mass is 403 g/mol. The molecule has 0 aliphatic carbocycles. The second kappa shape index (κ2) is 9.12. The summed E-state index contributed by atoms with van der Waals surface area (Å²) in [5.74, 6) is 0.441. The quantitative estimate of drug-likeness (QED) is 0.305. The van der Waals surface area contributed by atoms with Crippen LogP contribution in [0.5, 0.6) is 5.75 Å². The molecule has 3 aromatic carbocycles. The molecule has 1 aromatic heterocycles. The zero-order valence-electron chi connectivity index (χ0n) is 15.5. The average molecular weight is 403 g/mol. The van der Waals surface area contributed by atoms with Crippen molar-refractivity contribution in [3.05, 3.63) is 101 Å². The third-order valence-electron chi connectivity index (χ3n) is 4.16. The molecule has 6 heteroatoms. The highest BCUT2D eigenvalue weighted by molar-refractivity contribution is 7.14. The topological polar surface area (TPSA) is 46.5 Å². The van der Waals surface area contributed by atoms with Crippen LogP contribution >= 0.6 is 11.3 Å². The molecule has 1 N–H and O–H groups in total. The molecule has 0 bridgehead atoms. The molecule has 29 heavy (non-hydrogen) atoms. The molecule has 0 unspecified atom stereocenters. The second-order valence-electron chi connectivity index (χ2n) is 6.23. The molecular weight excluding hydrogens is 385 g/mol. The minimum Gasteiger partial charge on any atom is -0.488 e. The smallest absolute Gasteiger partial charge is 0.203 e. The van der Waals surface area contributed by atoms with E-state index in [2.05, 4.69) is 15.5 Å². The summed E-state index contributed by atoms with van der Waals surface area (Å²) in [5.41, 5.74) is 6.68. The minimum atomic E-state index is -0.259. The molecule has 0 radical (unpaired) electrons. The van der Waals surface area contributed by atoms with Crippen molar-refractivity contribution in [3.63, 3.8) is 0 Å². The molecule has 0 atom stereocenters. The maximum absolute atomic E-state index is 13.0. The number of benzene rings is 3. The number of ether oxygens (including phenoxy) is 1. The van der Waals surface area contributed by atoms with Crippen LogP contribution in [0, 0.1) is 5.82 Å². The third-order valence-corrected chi connectivity index (χ3v) is 4.91. The van der Waals surface area contributed by atoms with E-state index >= 15 is 0 Å². The SMILES string of the molecule is Fc1ccc(COc2ccccc2/C=N/Nc2nc(-c3ccccc3)cs2)cc1. The van der Waals surface area contributed by atoms with Gasteiger partial charge in [-0.1, -0.05) is 54.6 Å². The molecule has 0 saturated carbocycles. The van der Waals surface area contributed by atoms with Crippen molar-refractivity contribution in [2.75, 3.05) is 5.43 Å². The molecule has 0 spiro atoms. The van der Waals surface area contributed by atoms with Crippen LogP contribution in [0.2, 0.25) is 0 Å². The van der Waals surface area contributed by atoms with Gasteiger partial charge in [0.05, 0.1) is 11.9 Å². The normalized spacial score (nSPS) is 10.9. The first-order valence-corrected chi connectivity index (χ1v) is 9.92. The summed E-state index contributed by atoms with van der Waals surface area (Å²) in [6.45, 7) is 0.353. The van der Waals surface area contributed by atoms with Gasteiger partial charge in [0.15, 0.2) is 0 Å². The van der Waals surface area contributed by atoms with Gasteiger partial charge in [-0.05, 0) is 29.8 Å². The molecule has 4 aromatic rings. The number of nitrogens with zero attached hydrogens (tertiary/aromatic N) is 2. The second-order valence-corrected chi connectivity index (χ2v) is 7.08. The standard InChI is InChI=1S/C23H18FN3OS/c24-20-12-10-17(11-13-20)15-28-22-9-5-4-8-19(22)14-25-27-23-26-21(16-29-23)18-6-2-1-3-7-18/h1-14,16H,15H2,(H,26,27)/b25-14+. The number of hydrazone groups is 1. The Hall–Kier alpha value is -3.51. The van der Waals surface area contributed by atoms with Crippen molar-refractivity contribution in [2.45, 2.75) is 6.61 Å². The molecule has 0 aliphatic heterocycles. The lowest BCUT2D eigenvalue weighted by atomic mass is 10.2. The number of aromatic nitrogens is 1. The van der Waals surface area contributed by atoms with Crippen LogP contribution in [0.4, 0.5) is 9.52 Å². The lowest BCUT2D eigenvalue weighted by Gasteiger charge is -2.09. The molecule has 0 saturated heterocycles. The van der Waals surface area contributed by atoms with Crippen LogP contribution < -0.4 is 10.2 Å². The average Bonchev–Trinajstić information content (AvgIpc) is 3.24. The van der Waals surface area contributed by atoms with Crippen molar-refractivity contribution in [1.29, 1.82) is 0 Å². The van der Waals surface area contributed by atoms with Crippen LogP contribution in [0.3, 0.4) is 0 Å². The van der Waals surface area contributed by atoms with Gasteiger partial charge in [-0.3, -0.25) is 5.43 Å². The Morgan fingerprint density at radius 1 is 0.966 bits per heavy atom. The molecule has 0 aliphatic rings. The van der Waals surface area contributed by atoms with Crippen LogP contribution in [-0.4, -0.2) is 11.2 Å². The van der Waals surface area contributed by atoms with Crippen LogP contribution in [-0.2, 0) is 6.61 Å². The van der Waals surface area contributed by atoms with E-state index in [9.17, 15) is 4.39 Å². The van der Waals surface area contributed by atoms with E-state index in [0.717, 1.165) is 22.4 Å². The molecule has 144 valence electrons. The number of hydrogen-bond acceptors (Lipinski definition) is 5. The van der Waals surface area contributed by atoms with E-state index in [1.54, 1.807) is 18.3 Å². The van der Waals surface area contributed by atoms with E-state index in [0.29, 0.717) is 17.5 Å². The number of para-hydroxylation sites is 1. The molecule has 1 heterocycles. The van der Waals surface area contributed by atoms with Gasteiger partial charge in [-0.2, -0.15) is 5.10 Å². The van der Waals surface area contributed by atoms with Crippen LogP contribution in [0.25, 0.3) is 11.3 Å². The molecule has 4 nitrogen and oxygen atoms in total. The van der Waals surface area contributed by atoms with Crippen molar-refractivity contribution >= 4 is 22.7 Å². The zero-order chi connectivity index (χ0) is 19.9. The first kappa shape index (κ1) is 18.8. The van der Waals surface area contributed by atoms with Gasteiger partial charge in [-0.25, -0.2) is 9.37 Å². The summed E-state index contributed by atoms with van der Waals surface area (Å²) in [5, 5.41) is 7.00. The van der Waals surface area contributed by atoms with Crippen molar-refractivity contribution in [3.8, 4) is 17.0 Å². The lowest BCUT2D eigenvalue weighted by molar-refractivity contribution is 0.305. The molecule has 4 rings (SSSR count). The van der Waals surface area contributed by atoms with Gasteiger partial charge in [0, 0.05) is 16.5 Å². The van der Waals surface area contributed by atoms with E-state index in [4.69, 9.17) is 4.74 Å². The highest BCUT2D eigenvalue weighted by Gasteiger charge is 2.04. The Balaban J connectivity index is 1.40. The fourth-order valence-corrected chi connectivity index (χ4v) is 3.35. The van der Waals surface area contributed by atoms with Crippen molar-refractivity contribution < 1.29 is 9.13 Å². The largest absolute Gasteiger partial charge is 0.488 e. The third kappa shape index (κ3) is 5.06. The number of hydrogen-bond donors (Lipinski definition) is 1. The highest BCUT2D eigenvalue weighted by Crippen LogP contribution is 2.24. The number of thiazole rings is 1. The summed E-state index contributed by atoms with van der Waals surface area (Å²) in [6, 6.07) is 23.9. The van der Waals surface area contributed by atoms with E-state index in [-0.39, 0.29) is 5.82 Å². The van der Waals surface area contributed by atoms with Gasteiger partial charge in [0.2, 0.25) is 5.13 Å². The van der Waals surface area contributed by atoms with Crippen LogP contribution in [0.1, 0.15) is 11.1 Å². The Bertz CT molecular complexity index is 1090. The first-order chi connectivity index (χ1) is 14.3. The fraction of sp³-hybridized carbons (Fsp3) is 0.0435. The summed E-state index contributed by atoms with van der Waals surface area (Å²) in [4.78, 5) is 4.55. The highest BCUT2D eigenvalue weighted by atomic mass is 32.1. The Labute approximate surface area is 172 Å². The van der Waals surface area contributed by atoms with Gasteiger partial charge in [0.1, 0.15) is 18.2 Å². The fourth-order valence-electron chi connectivity index (χ4n) is 2.68. The lowest BCUT2D eigenvalue weighted by Crippen LogP contribution is -1.99. The summed E-state index contributed by atoms with van der Waals surface area (Å²) < 4.78 is 18.9. The number of anilines is 1. The Kier molecular flexibility index (Phi) is 5.92. The van der Waals surface area contributed by atoms with Crippen molar-refractivity contribution in [2.24, 2.45) is 5.10 Å². The van der Waals surface area contributed by atoms with Crippen LogP contribution in [0.15, 0.2) is 89.3 Å². The van der Waals surface area contributed by atoms with Gasteiger partial charge in [-0.15, -0.1) is 11.3 Å². The summed E-state index contributed by atoms with van der Waals surface area (Å²) >= 11 is 1.49. The minimum absolute atomic E-state index is 0.259. The van der Waals surface area contributed by atoms with Crippen molar-refractivity contribution in [1.82, 2.24) is 4.98 Å². The Morgan fingerprint density at radius 2 is 1.72 bits per heavy atom. The maximum atomic E-state index is 13.0. The molecular formula is C23H18FN3OS. The zero-order valence-corrected chi connectivity index (χ0v) is 16.3. The first-order valence-electron chi connectivity index (χ1n) is 9.04. The van der Waals surface area contributed by atoms with E-state index in [1.807, 2.05) is 60.0 Å². The predicted octanol–water partition coefficient (Wildman–Crippen LogP) is 5.97. The van der Waals surface area contributed by atoms with Gasteiger partial charge < -0.3 is 4.74 Å². The number of rotatable bonds is 7. The number of halogens is 1. The summed E-state index contributed by atoms with van der Waals surface area (Å²) in [6.07, 6.45) is 1.70. The van der Waals surface area contributed by atoms with E-state index < -0.39 is 0 Å². The van der Waals surface area contributed by atoms with Gasteiger partial charge in [0.25, 0.3) is 0 Å². The molecule has 0 amide bonds. The Morgan fingerprint density at radius 3 is 2.55 bits per heavy atom. The molecule has 0 fully saturated rings.